The smallest absolute Gasteiger partial charge is 0.356 e. The number of carbonyl (C=O) groups excluding carboxylic acids is 1. The molecule has 34 heavy (non-hydrogen) atoms. The second-order valence-corrected chi connectivity index (χ2v) is 8.54. The van der Waals surface area contributed by atoms with Gasteiger partial charge in [0.2, 0.25) is 0 Å². The highest BCUT2D eigenvalue weighted by Gasteiger charge is 2.24. The molecule has 0 atom stereocenters. The maximum absolute atomic E-state index is 14.1. The molecule has 3 aromatic rings. The maximum atomic E-state index is 14.1. The molecule has 8 heteroatoms. The molecule has 4 rings (SSSR count). The standard InChI is InChI=1S/C26H21Cl2F2NO3/c1-2-33-26(32)24-8-4-7-23(31-24)18-6-3-5-17(18)19-12-20(27)21(28)13-25(19)34-14-15-9-10-16(29)11-22(15)30/h4,7-13H,2-3,5-6,14H2,1H3. The first-order valence-electron chi connectivity index (χ1n) is 10.8. The van der Waals surface area contributed by atoms with Gasteiger partial charge in [-0.1, -0.05) is 29.3 Å². The Morgan fingerprint density at radius 3 is 2.56 bits per heavy atom. The molecule has 0 radical (unpaired) electrons. The highest BCUT2D eigenvalue weighted by molar-refractivity contribution is 6.42. The lowest BCUT2D eigenvalue weighted by molar-refractivity contribution is 0.0519. The molecule has 0 amide bonds. The lowest BCUT2D eigenvalue weighted by Gasteiger charge is -2.16. The van der Waals surface area contributed by atoms with E-state index in [1.165, 1.54) is 12.1 Å². The molecular formula is C26H21Cl2F2NO3. The number of esters is 1. The SMILES string of the molecule is CCOC(=O)c1cccc(C2=C(c3cc(Cl)c(Cl)cc3OCc3ccc(F)cc3F)CCC2)n1. The zero-order valence-corrected chi connectivity index (χ0v) is 19.9. The fourth-order valence-electron chi connectivity index (χ4n) is 3.92. The molecule has 176 valence electrons. The number of rotatable bonds is 7. The number of benzene rings is 2. The molecule has 1 aliphatic rings. The van der Waals surface area contributed by atoms with Crippen LogP contribution in [0, 0.1) is 11.6 Å². The topological polar surface area (TPSA) is 48.4 Å². The summed E-state index contributed by atoms with van der Waals surface area (Å²) in [5.74, 6) is -1.41. The van der Waals surface area contributed by atoms with Crippen molar-refractivity contribution in [1.82, 2.24) is 4.98 Å². The average molecular weight is 504 g/mol. The molecule has 1 aromatic heterocycles. The second-order valence-electron chi connectivity index (χ2n) is 7.73. The van der Waals surface area contributed by atoms with Crippen molar-refractivity contribution in [3.63, 3.8) is 0 Å². The van der Waals surface area contributed by atoms with Gasteiger partial charge in [0.15, 0.2) is 0 Å². The molecule has 0 saturated heterocycles. The molecule has 0 bridgehead atoms. The first kappa shape index (κ1) is 24.2. The zero-order valence-electron chi connectivity index (χ0n) is 18.3. The summed E-state index contributed by atoms with van der Waals surface area (Å²) < 4.78 is 38.4. The van der Waals surface area contributed by atoms with Crippen molar-refractivity contribution >= 4 is 40.3 Å². The van der Waals surface area contributed by atoms with Crippen LogP contribution in [-0.2, 0) is 11.3 Å². The molecule has 2 aromatic carbocycles. The molecule has 0 spiro atoms. The second kappa shape index (κ2) is 10.5. The van der Waals surface area contributed by atoms with Gasteiger partial charge in [-0.05, 0) is 67.7 Å². The van der Waals surface area contributed by atoms with E-state index in [-0.39, 0.29) is 24.5 Å². The maximum Gasteiger partial charge on any atom is 0.356 e. The van der Waals surface area contributed by atoms with Crippen LogP contribution in [0.25, 0.3) is 11.1 Å². The molecule has 0 aliphatic heterocycles. The Balaban J connectivity index is 1.72. The predicted octanol–water partition coefficient (Wildman–Crippen LogP) is 7.52. The monoisotopic (exact) mass is 503 g/mol. The molecule has 1 aliphatic carbocycles. The summed E-state index contributed by atoms with van der Waals surface area (Å²) in [5, 5.41) is 0.645. The normalized spacial score (nSPS) is 13.3. The van der Waals surface area contributed by atoms with E-state index in [0.29, 0.717) is 27.1 Å². The van der Waals surface area contributed by atoms with Gasteiger partial charge in [-0.2, -0.15) is 0 Å². The lowest BCUT2D eigenvalue weighted by Crippen LogP contribution is -2.08. The number of halogens is 4. The third-order valence-electron chi connectivity index (χ3n) is 5.51. The fourth-order valence-corrected chi connectivity index (χ4v) is 4.24. The summed E-state index contributed by atoms with van der Waals surface area (Å²) in [6.07, 6.45) is 2.36. The van der Waals surface area contributed by atoms with Crippen LogP contribution in [-0.4, -0.2) is 17.6 Å². The molecule has 0 unspecified atom stereocenters. The summed E-state index contributed by atoms with van der Waals surface area (Å²) >= 11 is 12.6. The van der Waals surface area contributed by atoms with Crippen LogP contribution < -0.4 is 4.74 Å². The van der Waals surface area contributed by atoms with Gasteiger partial charge in [0.1, 0.15) is 29.7 Å². The summed E-state index contributed by atoms with van der Waals surface area (Å²) in [5.41, 5.74) is 3.75. The lowest BCUT2D eigenvalue weighted by atomic mass is 9.98. The van der Waals surface area contributed by atoms with E-state index in [2.05, 4.69) is 4.98 Å². The van der Waals surface area contributed by atoms with Crippen molar-refractivity contribution < 1.29 is 23.0 Å². The largest absolute Gasteiger partial charge is 0.488 e. The summed E-state index contributed by atoms with van der Waals surface area (Å²) in [4.78, 5) is 16.7. The first-order valence-corrected chi connectivity index (χ1v) is 11.6. The quantitative estimate of drug-likeness (QED) is 0.313. The van der Waals surface area contributed by atoms with E-state index in [9.17, 15) is 13.6 Å². The third kappa shape index (κ3) is 5.24. The Kier molecular flexibility index (Phi) is 7.49. The van der Waals surface area contributed by atoms with Gasteiger partial charge in [-0.15, -0.1) is 0 Å². The Morgan fingerprint density at radius 1 is 1.03 bits per heavy atom. The van der Waals surface area contributed by atoms with Crippen molar-refractivity contribution in [2.24, 2.45) is 0 Å². The van der Waals surface area contributed by atoms with Crippen LogP contribution in [0.5, 0.6) is 5.75 Å². The van der Waals surface area contributed by atoms with Crippen LogP contribution in [0.15, 0.2) is 48.5 Å². The minimum Gasteiger partial charge on any atom is -0.488 e. The number of aromatic nitrogens is 1. The van der Waals surface area contributed by atoms with Gasteiger partial charge in [0.05, 0.1) is 22.3 Å². The average Bonchev–Trinajstić information content (AvgIpc) is 3.30. The highest BCUT2D eigenvalue weighted by Crippen LogP contribution is 2.44. The minimum absolute atomic E-state index is 0.115. The van der Waals surface area contributed by atoms with Crippen LogP contribution in [0.4, 0.5) is 8.78 Å². The van der Waals surface area contributed by atoms with E-state index in [4.69, 9.17) is 32.7 Å². The Morgan fingerprint density at radius 2 is 1.79 bits per heavy atom. The Labute approximate surface area is 206 Å². The van der Waals surface area contributed by atoms with E-state index >= 15 is 0 Å². The van der Waals surface area contributed by atoms with Crippen molar-refractivity contribution in [3.05, 3.63) is 92.7 Å². The van der Waals surface area contributed by atoms with Crippen LogP contribution in [0.1, 0.15) is 53.5 Å². The van der Waals surface area contributed by atoms with Crippen LogP contribution in [0.3, 0.4) is 0 Å². The number of allylic oxidation sites excluding steroid dienone is 2. The summed E-state index contributed by atoms with van der Waals surface area (Å²) in [7, 11) is 0. The summed E-state index contributed by atoms with van der Waals surface area (Å²) in [6.45, 7) is 1.89. The fraction of sp³-hybridized carbons (Fsp3) is 0.231. The molecule has 4 nitrogen and oxygen atoms in total. The van der Waals surface area contributed by atoms with E-state index in [1.807, 2.05) is 6.07 Å². The number of nitrogens with zero attached hydrogens (tertiary/aromatic N) is 1. The molecule has 1 heterocycles. The minimum atomic E-state index is -0.692. The van der Waals surface area contributed by atoms with Gasteiger partial charge < -0.3 is 9.47 Å². The number of ether oxygens (including phenoxy) is 2. The van der Waals surface area contributed by atoms with Gasteiger partial charge in [0.25, 0.3) is 0 Å². The van der Waals surface area contributed by atoms with Crippen LogP contribution in [0.2, 0.25) is 10.0 Å². The molecule has 0 saturated carbocycles. The van der Waals surface area contributed by atoms with Gasteiger partial charge in [0, 0.05) is 23.3 Å². The highest BCUT2D eigenvalue weighted by atomic mass is 35.5. The number of hydrogen-bond acceptors (Lipinski definition) is 4. The summed E-state index contributed by atoms with van der Waals surface area (Å²) in [6, 6.07) is 11.9. The predicted molar refractivity (Wildman–Crippen MR) is 128 cm³/mol. The van der Waals surface area contributed by atoms with E-state index in [1.54, 1.807) is 31.2 Å². The van der Waals surface area contributed by atoms with Crippen molar-refractivity contribution in [2.75, 3.05) is 6.61 Å². The molecule has 0 N–H and O–H groups in total. The zero-order chi connectivity index (χ0) is 24.2. The van der Waals surface area contributed by atoms with Gasteiger partial charge >= 0.3 is 5.97 Å². The van der Waals surface area contributed by atoms with Gasteiger partial charge in [-0.25, -0.2) is 18.6 Å². The number of carbonyl (C=O) groups is 1. The van der Waals surface area contributed by atoms with Crippen molar-refractivity contribution in [3.8, 4) is 5.75 Å². The third-order valence-corrected chi connectivity index (χ3v) is 6.23. The Hall–Kier alpha value is -2.96. The van der Waals surface area contributed by atoms with Gasteiger partial charge in [-0.3, -0.25) is 0 Å². The molecule has 0 fully saturated rings. The van der Waals surface area contributed by atoms with Crippen molar-refractivity contribution in [2.45, 2.75) is 32.8 Å². The Bertz CT molecular complexity index is 1280. The van der Waals surface area contributed by atoms with E-state index in [0.717, 1.165) is 36.5 Å². The first-order chi connectivity index (χ1) is 16.4. The van der Waals surface area contributed by atoms with E-state index < -0.39 is 17.6 Å². The van der Waals surface area contributed by atoms with Crippen LogP contribution >= 0.6 is 23.2 Å². The van der Waals surface area contributed by atoms with Crippen molar-refractivity contribution in [1.29, 1.82) is 0 Å². The number of hydrogen-bond donors (Lipinski definition) is 0. The molecular weight excluding hydrogens is 483 g/mol. The number of pyridine rings is 1.